The standard InChI is InChI=1S/C17H22N2O2S/c1-14-9-12-22-16(14)13-19(2)17(20)18-10-6-11-21-15-7-4-3-5-8-15/h3-5,7-9,12H,6,10-11,13H2,1-2H3,(H,18,20). The molecule has 0 aliphatic carbocycles. The van der Waals surface area contributed by atoms with E-state index in [4.69, 9.17) is 4.74 Å². The number of para-hydroxylation sites is 1. The van der Waals surface area contributed by atoms with Crippen LogP contribution in [0.2, 0.25) is 0 Å². The maximum absolute atomic E-state index is 12.0. The minimum Gasteiger partial charge on any atom is -0.494 e. The van der Waals surface area contributed by atoms with Gasteiger partial charge in [-0.1, -0.05) is 18.2 Å². The van der Waals surface area contributed by atoms with Gasteiger partial charge in [-0.3, -0.25) is 0 Å². The Labute approximate surface area is 135 Å². The lowest BCUT2D eigenvalue weighted by molar-refractivity contribution is 0.206. The summed E-state index contributed by atoms with van der Waals surface area (Å²) in [6.07, 6.45) is 0.784. The first-order chi connectivity index (χ1) is 10.7. The van der Waals surface area contributed by atoms with Gasteiger partial charge in [0.1, 0.15) is 5.75 Å². The lowest BCUT2D eigenvalue weighted by Crippen LogP contribution is -2.37. The predicted octanol–water partition coefficient (Wildman–Crippen LogP) is 3.67. The number of hydrogen-bond donors (Lipinski definition) is 1. The van der Waals surface area contributed by atoms with Crippen molar-refractivity contribution in [1.29, 1.82) is 0 Å². The van der Waals surface area contributed by atoms with Crippen molar-refractivity contribution in [2.75, 3.05) is 20.2 Å². The number of rotatable bonds is 7. The third kappa shape index (κ3) is 5.07. The average molecular weight is 318 g/mol. The number of carbonyl (C=O) groups is 1. The average Bonchev–Trinajstić information content (AvgIpc) is 2.93. The number of thiophene rings is 1. The van der Waals surface area contributed by atoms with Crippen LogP contribution in [0.15, 0.2) is 41.8 Å². The molecule has 0 saturated carbocycles. The molecule has 0 bridgehead atoms. The Kier molecular flexibility index (Phi) is 6.27. The fourth-order valence-electron chi connectivity index (χ4n) is 1.96. The van der Waals surface area contributed by atoms with Gasteiger partial charge in [0.15, 0.2) is 0 Å². The quantitative estimate of drug-likeness (QED) is 0.792. The van der Waals surface area contributed by atoms with Crippen molar-refractivity contribution >= 4 is 17.4 Å². The normalized spacial score (nSPS) is 10.3. The van der Waals surface area contributed by atoms with Gasteiger partial charge in [-0.2, -0.15) is 0 Å². The molecular weight excluding hydrogens is 296 g/mol. The summed E-state index contributed by atoms with van der Waals surface area (Å²) >= 11 is 1.68. The van der Waals surface area contributed by atoms with Crippen LogP contribution < -0.4 is 10.1 Å². The van der Waals surface area contributed by atoms with Gasteiger partial charge in [0, 0.05) is 18.5 Å². The molecule has 0 aliphatic heterocycles. The number of ether oxygens (including phenoxy) is 1. The molecule has 0 fully saturated rings. The molecule has 1 aromatic heterocycles. The maximum atomic E-state index is 12.0. The van der Waals surface area contributed by atoms with Crippen molar-refractivity contribution in [1.82, 2.24) is 10.2 Å². The Morgan fingerprint density at radius 1 is 1.27 bits per heavy atom. The minimum absolute atomic E-state index is 0.0486. The van der Waals surface area contributed by atoms with Crippen LogP contribution in [0.1, 0.15) is 16.9 Å². The summed E-state index contributed by atoms with van der Waals surface area (Å²) in [5.74, 6) is 0.860. The van der Waals surface area contributed by atoms with E-state index in [2.05, 4.69) is 23.7 Å². The molecule has 1 N–H and O–H groups in total. The van der Waals surface area contributed by atoms with Crippen LogP contribution in [-0.2, 0) is 6.54 Å². The second-order valence-electron chi connectivity index (χ2n) is 5.13. The van der Waals surface area contributed by atoms with Crippen LogP contribution in [-0.4, -0.2) is 31.1 Å². The number of carbonyl (C=O) groups excluding carboxylic acids is 1. The van der Waals surface area contributed by atoms with Crippen LogP contribution >= 0.6 is 11.3 Å². The molecule has 0 saturated heterocycles. The molecule has 5 heteroatoms. The highest BCUT2D eigenvalue weighted by Crippen LogP contribution is 2.17. The Balaban J connectivity index is 1.62. The van der Waals surface area contributed by atoms with Gasteiger partial charge in [0.25, 0.3) is 0 Å². The van der Waals surface area contributed by atoms with Gasteiger partial charge in [0.05, 0.1) is 13.2 Å². The third-order valence-corrected chi connectivity index (χ3v) is 4.31. The van der Waals surface area contributed by atoms with E-state index < -0.39 is 0 Å². The molecule has 0 unspecified atom stereocenters. The zero-order valence-electron chi connectivity index (χ0n) is 13.0. The SMILES string of the molecule is Cc1ccsc1CN(C)C(=O)NCCCOc1ccccc1. The van der Waals surface area contributed by atoms with Crippen molar-refractivity contribution in [2.45, 2.75) is 19.9 Å². The van der Waals surface area contributed by atoms with E-state index in [0.717, 1.165) is 12.2 Å². The molecule has 2 rings (SSSR count). The fraction of sp³-hybridized carbons (Fsp3) is 0.353. The Hall–Kier alpha value is -2.01. The predicted molar refractivity (Wildman–Crippen MR) is 90.5 cm³/mol. The van der Waals surface area contributed by atoms with Crippen LogP contribution in [0.4, 0.5) is 4.79 Å². The summed E-state index contributed by atoms with van der Waals surface area (Å²) in [5.41, 5.74) is 1.24. The van der Waals surface area contributed by atoms with Crippen LogP contribution in [0.3, 0.4) is 0 Å². The van der Waals surface area contributed by atoms with Gasteiger partial charge in [-0.05, 0) is 42.5 Å². The van der Waals surface area contributed by atoms with E-state index in [-0.39, 0.29) is 6.03 Å². The second kappa shape index (κ2) is 8.44. The first-order valence-electron chi connectivity index (χ1n) is 7.36. The Morgan fingerprint density at radius 2 is 2.05 bits per heavy atom. The maximum Gasteiger partial charge on any atom is 0.317 e. The molecule has 0 atom stereocenters. The van der Waals surface area contributed by atoms with Crippen molar-refractivity contribution in [3.05, 3.63) is 52.2 Å². The molecule has 0 radical (unpaired) electrons. The zero-order chi connectivity index (χ0) is 15.8. The lowest BCUT2D eigenvalue weighted by Gasteiger charge is -2.17. The molecule has 2 amide bonds. The van der Waals surface area contributed by atoms with Crippen LogP contribution in [0, 0.1) is 6.92 Å². The number of urea groups is 1. The van der Waals surface area contributed by atoms with Gasteiger partial charge in [-0.25, -0.2) is 4.79 Å². The summed E-state index contributed by atoms with van der Waals surface area (Å²) in [5, 5.41) is 4.97. The smallest absolute Gasteiger partial charge is 0.317 e. The molecule has 118 valence electrons. The highest BCUT2D eigenvalue weighted by molar-refractivity contribution is 7.10. The molecule has 1 heterocycles. The van der Waals surface area contributed by atoms with E-state index in [1.165, 1.54) is 10.4 Å². The first-order valence-corrected chi connectivity index (χ1v) is 8.24. The zero-order valence-corrected chi connectivity index (χ0v) is 13.9. The van der Waals surface area contributed by atoms with Crippen LogP contribution in [0.25, 0.3) is 0 Å². The third-order valence-electron chi connectivity index (χ3n) is 3.30. The summed E-state index contributed by atoms with van der Waals surface area (Å²) in [7, 11) is 1.81. The Bertz CT molecular complexity index is 583. The number of amides is 2. The summed E-state index contributed by atoms with van der Waals surface area (Å²) in [6.45, 7) is 3.92. The molecule has 4 nitrogen and oxygen atoms in total. The molecule has 0 spiro atoms. The summed E-state index contributed by atoms with van der Waals surface area (Å²) in [4.78, 5) is 14.9. The van der Waals surface area contributed by atoms with Crippen molar-refractivity contribution in [2.24, 2.45) is 0 Å². The van der Waals surface area contributed by atoms with Gasteiger partial charge >= 0.3 is 6.03 Å². The number of aryl methyl sites for hydroxylation is 1. The molecule has 1 aromatic carbocycles. The van der Waals surface area contributed by atoms with E-state index in [9.17, 15) is 4.79 Å². The lowest BCUT2D eigenvalue weighted by atomic mass is 10.3. The number of nitrogens with zero attached hydrogens (tertiary/aromatic N) is 1. The first kappa shape index (κ1) is 16.4. The number of nitrogens with one attached hydrogen (secondary N) is 1. The topological polar surface area (TPSA) is 41.6 Å². The Morgan fingerprint density at radius 3 is 2.73 bits per heavy atom. The van der Waals surface area contributed by atoms with Gasteiger partial charge in [0.2, 0.25) is 0 Å². The highest BCUT2D eigenvalue weighted by atomic mass is 32.1. The minimum atomic E-state index is -0.0486. The molecule has 0 aliphatic rings. The second-order valence-corrected chi connectivity index (χ2v) is 6.13. The molecule has 2 aromatic rings. The van der Waals surface area contributed by atoms with E-state index in [1.807, 2.05) is 37.4 Å². The van der Waals surface area contributed by atoms with Crippen molar-refractivity contribution < 1.29 is 9.53 Å². The van der Waals surface area contributed by atoms with E-state index >= 15 is 0 Å². The largest absolute Gasteiger partial charge is 0.494 e. The van der Waals surface area contributed by atoms with Crippen molar-refractivity contribution in [3.63, 3.8) is 0 Å². The van der Waals surface area contributed by atoms with Crippen molar-refractivity contribution in [3.8, 4) is 5.75 Å². The number of benzene rings is 1. The van der Waals surface area contributed by atoms with Gasteiger partial charge in [-0.15, -0.1) is 11.3 Å². The molecular formula is C17H22N2O2S. The summed E-state index contributed by atoms with van der Waals surface area (Å²) in [6, 6.07) is 11.7. The van der Waals surface area contributed by atoms with E-state index in [1.54, 1.807) is 16.2 Å². The fourth-order valence-corrected chi connectivity index (χ4v) is 2.92. The van der Waals surface area contributed by atoms with Gasteiger partial charge < -0.3 is 15.0 Å². The molecule has 22 heavy (non-hydrogen) atoms. The van der Waals surface area contributed by atoms with Crippen LogP contribution in [0.5, 0.6) is 5.75 Å². The summed E-state index contributed by atoms with van der Waals surface area (Å²) < 4.78 is 5.59. The highest BCUT2D eigenvalue weighted by Gasteiger charge is 2.10. The van der Waals surface area contributed by atoms with E-state index in [0.29, 0.717) is 19.7 Å². The number of hydrogen-bond acceptors (Lipinski definition) is 3. The monoisotopic (exact) mass is 318 g/mol.